The molecule has 2 aromatic heterocycles. The molecular formula is C13H15N3O4S. The molecule has 112 valence electrons. The molecule has 0 aliphatic carbocycles. The lowest BCUT2D eigenvalue weighted by molar-refractivity contribution is -0.148. The van der Waals surface area contributed by atoms with Gasteiger partial charge in [0.25, 0.3) is 5.91 Å². The summed E-state index contributed by atoms with van der Waals surface area (Å²) in [6.07, 6.45) is 0.531. The van der Waals surface area contributed by atoms with Gasteiger partial charge in [-0.1, -0.05) is 6.07 Å². The average molecular weight is 309 g/mol. The number of rotatable bonds is 6. The molecule has 0 saturated carbocycles. The van der Waals surface area contributed by atoms with Gasteiger partial charge in [-0.05, 0) is 11.4 Å². The zero-order chi connectivity index (χ0) is 15.4. The van der Waals surface area contributed by atoms with Gasteiger partial charge < -0.3 is 15.2 Å². The van der Waals surface area contributed by atoms with Crippen LogP contribution >= 0.6 is 11.3 Å². The van der Waals surface area contributed by atoms with Gasteiger partial charge in [0, 0.05) is 20.4 Å². The van der Waals surface area contributed by atoms with Gasteiger partial charge in [-0.3, -0.25) is 9.48 Å². The summed E-state index contributed by atoms with van der Waals surface area (Å²) in [5.41, 5.74) is 0.981. The molecule has 0 aliphatic rings. The van der Waals surface area contributed by atoms with Gasteiger partial charge in [0.15, 0.2) is 6.10 Å². The topological polar surface area (TPSA) is 93.5 Å². The zero-order valence-corrected chi connectivity index (χ0v) is 12.4. The molecule has 0 bridgehead atoms. The molecule has 2 rings (SSSR count). The van der Waals surface area contributed by atoms with Gasteiger partial charge >= 0.3 is 5.97 Å². The van der Waals surface area contributed by atoms with E-state index in [2.05, 4.69) is 10.4 Å². The highest BCUT2D eigenvalue weighted by Crippen LogP contribution is 2.26. The Morgan fingerprint density at radius 1 is 1.57 bits per heavy atom. The van der Waals surface area contributed by atoms with Crippen LogP contribution in [0.4, 0.5) is 0 Å². The number of nitrogens with one attached hydrogen (secondary N) is 1. The van der Waals surface area contributed by atoms with Crippen molar-refractivity contribution in [2.75, 3.05) is 13.7 Å². The van der Waals surface area contributed by atoms with Crippen LogP contribution in [0.15, 0.2) is 23.7 Å². The lowest BCUT2D eigenvalue weighted by Crippen LogP contribution is -2.37. The molecule has 1 unspecified atom stereocenters. The second-order valence-electron chi connectivity index (χ2n) is 4.31. The van der Waals surface area contributed by atoms with Crippen LogP contribution in [0.2, 0.25) is 0 Å². The van der Waals surface area contributed by atoms with Crippen molar-refractivity contribution in [3.05, 3.63) is 29.3 Å². The Bertz CT molecular complexity index is 636. The van der Waals surface area contributed by atoms with Crippen LogP contribution in [-0.2, 0) is 16.6 Å². The second kappa shape index (κ2) is 6.51. The van der Waals surface area contributed by atoms with Crippen molar-refractivity contribution >= 4 is 23.2 Å². The van der Waals surface area contributed by atoms with Crippen LogP contribution < -0.4 is 5.32 Å². The van der Waals surface area contributed by atoms with Gasteiger partial charge in [0.2, 0.25) is 0 Å². The molecule has 2 heterocycles. The summed E-state index contributed by atoms with van der Waals surface area (Å²) >= 11 is 1.48. The van der Waals surface area contributed by atoms with Crippen LogP contribution in [0.5, 0.6) is 0 Å². The fourth-order valence-electron chi connectivity index (χ4n) is 1.80. The van der Waals surface area contributed by atoms with Crippen LogP contribution in [0, 0.1) is 0 Å². The summed E-state index contributed by atoms with van der Waals surface area (Å²) in [7, 11) is 3.01. The number of aryl methyl sites for hydroxylation is 1. The SMILES string of the molecule is COC(CNC(=O)c1cn(C)nc1-c1cccs1)C(=O)O. The van der Waals surface area contributed by atoms with Crippen LogP contribution in [-0.4, -0.2) is 46.5 Å². The van der Waals surface area contributed by atoms with Crippen molar-refractivity contribution in [2.45, 2.75) is 6.10 Å². The van der Waals surface area contributed by atoms with E-state index in [0.29, 0.717) is 11.3 Å². The Hall–Kier alpha value is -2.19. The van der Waals surface area contributed by atoms with Gasteiger partial charge in [-0.15, -0.1) is 11.3 Å². The molecule has 0 spiro atoms. The molecule has 0 fully saturated rings. The van der Waals surface area contributed by atoms with Crippen molar-refractivity contribution in [1.29, 1.82) is 0 Å². The number of aliphatic carboxylic acids is 1. The first-order valence-corrected chi connectivity index (χ1v) is 7.02. The van der Waals surface area contributed by atoms with Gasteiger partial charge in [0.05, 0.1) is 17.0 Å². The predicted molar refractivity (Wildman–Crippen MR) is 77.3 cm³/mol. The van der Waals surface area contributed by atoms with Crippen molar-refractivity contribution < 1.29 is 19.4 Å². The quantitative estimate of drug-likeness (QED) is 0.829. The van der Waals surface area contributed by atoms with E-state index in [9.17, 15) is 9.59 Å². The Kier molecular flexibility index (Phi) is 4.71. The largest absolute Gasteiger partial charge is 0.479 e. The smallest absolute Gasteiger partial charge is 0.334 e. The van der Waals surface area contributed by atoms with Crippen LogP contribution in [0.25, 0.3) is 10.6 Å². The molecule has 0 radical (unpaired) electrons. The number of hydrogen-bond acceptors (Lipinski definition) is 5. The highest BCUT2D eigenvalue weighted by Gasteiger charge is 2.21. The molecule has 2 aromatic rings. The van der Waals surface area contributed by atoms with Gasteiger partial charge in [-0.25, -0.2) is 4.79 Å². The number of carboxylic acids is 1. The highest BCUT2D eigenvalue weighted by molar-refractivity contribution is 7.13. The number of carbonyl (C=O) groups is 2. The maximum atomic E-state index is 12.2. The van der Waals surface area contributed by atoms with E-state index >= 15 is 0 Å². The minimum absolute atomic E-state index is 0.108. The first-order chi connectivity index (χ1) is 10.0. The van der Waals surface area contributed by atoms with E-state index < -0.39 is 12.1 Å². The number of carbonyl (C=O) groups excluding carboxylic acids is 1. The van der Waals surface area contributed by atoms with Gasteiger partial charge in [0.1, 0.15) is 5.69 Å². The first kappa shape index (κ1) is 15.2. The van der Waals surface area contributed by atoms with Crippen LogP contribution in [0.1, 0.15) is 10.4 Å². The molecule has 7 nitrogen and oxygen atoms in total. The fraction of sp³-hybridized carbons (Fsp3) is 0.308. The maximum absolute atomic E-state index is 12.2. The van der Waals surface area contributed by atoms with Crippen molar-refractivity contribution in [1.82, 2.24) is 15.1 Å². The number of ether oxygens (including phenoxy) is 1. The molecule has 0 aromatic carbocycles. The van der Waals surface area contributed by atoms with E-state index in [-0.39, 0.29) is 12.5 Å². The van der Waals surface area contributed by atoms with E-state index in [1.165, 1.54) is 18.4 Å². The number of thiophene rings is 1. The second-order valence-corrected chi connectivity index (χ2v) is 5.26. The summed E-state index contributed by atoms with van der Waals surface area (Å²) in [5, 5.41) is 17.6. The molecule has 0 saturated heterocycles. The number of hydrogen-bond donors (Lipinski definition) is 2. The van der Waals surface area contributed by atoms with E-state index in [1.54, 1.807) is 17.9 Å². The molecule has 8 heteroatoms. The molecule has 0 aliphatic heterocycles. The lowest BCUT2D eigenvalue weighted by atomic mass is 10.2. The minimum atomic E-state index is -1.12. The third kappa shape index (κ3) is 3.47. The Morgan fingerprint density at radius 3 is 2.90 bits per heavy atom. The van der Waals surface area contributed by atoms with Crippen LogP contribution in [0.3, 0.4) is 0 Å². The number of nitrogens with zero attached hydrogens (tertiary/aromatic N) is 2. The average Bonchev–Trinajstić information content (AvgIpc) is 3.07. The lowest BCUT2D eigenvalue weighted by Gasteiger charge is -2.11. The van der Waals surface area contributed by atoms with Crippen molar-refractivity contribution in [3.63, 3.8) is 0 Å². The number of carboxylic acid groups (broad SMARTS) is 1. The molecular weight excluding hydrogens is 294 g/mol. The highest BCUT2D eigenvalue weighted by atomic mass is 32.1. The summed E-state index contributed by atoms with van der Waals surface area (Å²) in [5.74, 6) is -1.50. The maximum Gasteiger partial charge on any atom is 0.334 e. The molecule has 21 heavy (non-hydrogen) atoms. The minimum Gasteiger partial charge on any atom is -0.479 e. The zero-order valence-electron chi connectivity index (χ0n) is 11.6. The molecule has 1 atom stereocenters. The number of aromatic nitrogens is 2. The normalized spacial score (nSPS) is 12.1. The molecule has 2 N–H and O–H groups in total. The first-order valence-electron chi connectivity index (χ1n) is 6.14. The summed E-state index contributed by atoms with van der Waals surface area (Å²) in [6, 6.07) is 3.75. The van der Waals surface area contributed by atoms with E-state index in [0.717, 1.165) is 4.88 Å². The van der Waals surface area contributed by atoms with Gasteiger partial charge in [-0.2, -0.15) is 5.10 Å². The Balaban J connectivity index is 2.15. The predicted octanol–water partition coefficient (Wildman–Crippen LogP) is 0.978. The monoisotopic (exact) mass is 309 g/mol. The van der Waals surface area contributed by atoms with E-state index in [1.807, 2.05) is 17.5 Å². The third-order valence-corrected chi connectivity index (χ3v) is 3.71. The Morgan fingerprint density at radius 2 is 2.33 bits per heavy atom. The van der Waals surface area contributed by atoms with Crippen molar-refractivity contribution in [3.8, 4) is 10.6 Å². The molecule has 1 amide bonds. The van der Waals surface area contributed by atoms with Crippen molar-refractivity contribution in [2.24, 2.45) is 7.05 Å². The standard InChI is InChI=1S/C13H15N3O4S/c1-16-7-8(11(15-16)10-4-3-5-21-10)12(17)14-6-9(20-2)13(18)19/h3-5,7,9H,6H2,1-2H3,(H,14,17)(H,18,19). The Labute approximate surface area is 125 Å². The fourth-order valence-corrected chi connectivity index (χ4v) is 2.53. The summed E-state index contributed by atoms with van der Waals surface area (Å²) in [6.45, 7) is -0.108. The van der Waals surface area contributed by atoms with E-state index in [4.69, 9.17) is 9.84 Å². The number of methoxy groups -OCH3 is 1. The number of amides is 1. The third-order valence-electron chi connectivity index (χ3n) is 2.84. The summed E-state index contributed by atoms with van der Waals surface area (Å²) < 4.78 is 6.32. The summed E-state index contributed by atoms with van der Waals surface area (Å²) in [4.78, 5) is 23.9.